The van der Waals surface area contributed by atoms with Gasteiger partial charge >= 0.3 is 0 Å². The minimum atomic E-state index is 0.871. The third-order valence-electron chi connectivity index (χ3n) is 3.63. The Labute approximate surface area is 116 Å². The van der Waals surface area contributed by atoms with Crippen LogP contribution in [0.15, 0.2) is 55.3 Å². The maximum Gasteiger partial charge on any atom is 0.162 e. The van der Waals surface area contributed by atoms with Crippen LogP contribution in [0.1, 0.15) is 0 Å². The van der Waals surface area contributed by atoms with E-state index in [0.29, 0.717) is 0 Å². The van der Waals surface area contributed by atoms with Crippen LogP contribution >= 0.6 is 0 Å². The number of aromatic amines is 1. The van der Waals surface area contributed by atoms with Crippen molar-refractivity contribution < 1.29 is 0 Å². The fourth-order valence-corrected chi connectivity index (χ4v) is 2.56. The zero-order valence-electron chi connectivity index (χ0n) is 11.0. The lowest BCUT2D eigenvalue weighted by Crippen LogP contribution is -2.20. The van der Waals surface area contributed by atoms with Crippen molar-refractivity contribution >= 4 is 28.2 Å². The summed E-state index contributed by atoms with van der Waals surface area (Å²) in [5.74, 6) is 1.76. The number of fused-ring (bicyclic) bond motifs is 2. The highest BCUT2D eigenvalue weighted by Gasteiger charge is 2.29. The van der Waals surface area contributed by atoms with Crippen molar-refractivity contribution in [3.05, 3.63) is 55.3 Å². The number of hydrogen-bond acceptors (Lipinski definition) is 4. The maximum absolute atomic E-state index is 4.47. The molecule has 0 unspecified atom stereocenters. The van der Waals surface area contributed by atoms with Gasteiger partial charge in [-0.15, -0.1) is 0 Å². The number of H-pyrrole nitrogens is 1. The molecule has 1 N–H and O–H groups in total. The van der Waals surface area contributed by atoms with Crippen LogP contribution in [0.3, 0.4) is 0 Å². The van der Waals surface area contributed by atoms with Crippen LogP contribution in [-0.2, 0) is 0 Å². The molecule has 0 bridgehead atoms. The van der Waals surface area contributed by atoms with Crippen molar-refractivity contribution in [2.45, 2.75) is 0 Å². The lowest BCUT2D eigenvalue weighted by Gasteiger charge is -2.20. The first-order valence-corrected chi connectivity index (χ1v) is 6.36. The molecular formula is C15H13N5. The van der Waals surface area contributed by atoms with Crippen LogP contribution in [0.25, 0.3) is 11.0 Å². The van der Waals surface area contributed by atoms with Gasteiger partial charge in [0.1, 0.15) is 11.5 Å². The van der Waals surface area contributed by atoms with Gasteiger partial charge in [-0.1, -0.05) is 6.58 Å². The van der Waals surface area contributed by atoms with E-state index in [9.17, 15) is 0 Å². The van der Waals surface area contributed by atoms with Crippen LogP contribution in [0, 0.1) is 0 Å². The highest BCUT2D eigenvalue weighted by atomic mass is 15.4. The van der Waals surface area contributed by atoms with Gasteiger partial charge in [0.2, 0.25) is 0 Å². The Kier molecular flexibility index (Phi) is 2.12. The van der Waals surface area contributed by atoms with Gasteiger partial charge in [-0.25, -0.2) is 9.97 Å². The Morgan fingerprint density at radius 1 is 1.25 bits per heavy atom. The Bertz CT molecular complexity index is 820. The van der Waals surface area contributed by atoms with E-state index in [4.69, 9.17) is 0 Å². The van der Waals surface area contributed by atoms with E-state index in [1.165, 1.54) is 0 Å². The van der Waals surface area contributed by atoms with Crippen LogP contribution in [0.5, 0.6) is 0 Å². The molecule has 0 saturated carbocycles. The predicted molar refractivity (Wildman–Crippen MR) is 80.0 cm³/mol. The van der Waals surface area contributed by atoms with Gasteiger partial charge in [0.05, 0.1) is 17.6 Å². The Balaban J connectivity index is 1.91. The Morgan fingerprint density at radius 2 is 2.15 bits per heavy atom. The van der Waals surface area contributed by atoms with Crippen LogP contribution < -0.4 is 9.80 Å². The molecule has 98 valence electrons. The summed E-state index contributed by atoms with van der Waals surface area (Å²) in [7, 11) is 1.99. The first-order valence-electron chi connectivity index (χ1n) is 6.36. The smallest absolute Gasteiger partial charge is 0.162 e. The van der Waals surface area contributed by atoms with Gasteiger partial charge in [0.25, 0.3) is 0 Å². The minimum Gasteiger partial charge on any atom is -0.346 e. The van der Waals surface area contributed by atoms with Crippen molar-refractivity contribution in [3.8, 4) is 0 Å². The molecule has 0 aromatic carbocycles. The highest BCUT2D eigenvalue weighted by molar-refractivity contribution is 5.88. The van der Waals surface area contributed by atoms with Gasteiger partial charge in [-0.05, 0) is 24.3 Å². The van der Waals surface area contributed by atoms with Crippen LogP contribution in [0.2, 0.25) is 0 Å². The van der Waals surface area contributed by atoms with Gasteiger partial charge in [-0.2, -0.15) is 0 Å². The molecule has 0 fully saturated rings. The fraction of sp³-hybridized carbons (Fsp3) is 0.0667. The molecule has 0 saturated heterocycles. The topological polar surface area (TPSA) is 48.1 Å². The second kappa shape index (κ2) is 3.84. The molecule has 3 aromatic rings. The summed E-state index contributed by atoms with van der Waals surface area (Å²) in [5.41, 5.74) is 2.89. The van der Waals surface area contributed by atoms with Crippen molar-refractivity contribution in [2.24, 2.45) is 0 Å². The monoisotopic (exact) mass is 263 g/mol. The molecule has 0 aliphatic carbocycles. The van der Waals surface area contributed by atoms with E-state index in [2.05, 4.69) is 27.6 Å². The lowest BCUT2D eigenvalue weighted by atomic mass is 10.3. The van der Waals surface area contributed by atoms with E-state index < -0.39 is 0 Å². The molecule has 0 atom stereocenters. The highest BCUT2D eigenvalue weighted by Crippen LogP contribution is 2.42. The van der Waals surface area contributed by atoms with Gasteiger partial charge in [0.15, 0.2) is 5.82 Å². The summed E-state index contributed by atoms with van der Waals surface area (Å²) in [6.45, 7) is 4.15. The lowest BCUT2D eigenvalue weighted by molar-refractivity contribution is 1.08. The average Bonchev–Trinajstić information content (AvgIpc) is 3.03. The molecule has 0 amide bonds. The second-order valence-electron chi connectivity index (χ2n) is 4.77. The molecule has 1 aliphatic heterocycles. The molecule has 0 spiro atoms. The standard InChI is InChI=1S/C15H13N5/c1-10-19(2)13-4-3-6-17-15(13)20(10)12-8-11-5-7-16-14(11)18-9-12/h3-9H,1H2,2H3,(H,16,18). The zero-order chi connectivity index (χ0) is 13.7. The number of pyridine rings is 2. The second-order valence-corrected chi connectivity index (χ2v) is 4.77. The van der Waals surface area contributed by atoms with Crippen LogP contribution in [0.4, 0.5) is 17.2 Å². The summed E-state index contributed by atoms with van der Waals surface area (Å²) >= 11 is 0. The summed E-state index contributed by atoms with van der Waals surface area (Å²) in [6.07, 6.45) is 5.51. The molecule has 4 heterocycles. The normalized spacial score (nSPS) is 14.2. The van der Waals surface area contributed by atoms with Crippen molar-refractivity contribution in [1.29, 1.82) is 0 Å². The van der Waals surface area contributed by atoms with E-state index in [1.807, 2.05) is 47.4 Å². The van der Waals surface area contributed by atoms with E-state index in [-0.39, 0.29) is 0 Å². The first kappa shape index (κ1) is 11.0. The molecule has 5 nitrogen and oxygen atoms in total. The van der Waals surface area contributed by atoms with Gasteiger partial charge in [0, 0.05) is 24.8 Å². The van der Waals surface area contributed by atoms with Crippen molar-refractivity contribution in [3.63, 3.8) is 0 Å². The van der Waals surface area contributed by atoms with Crippen molar-refractivity contribution in [2.75, 3.05) is 16.8 Å². The number of nitrogens with one attached hydrogen (secondary N) is 1. The predicted octanol–water partition coefficient (Wildman–Crippen LogP) is 3.02. The summed E-state index contributed by atoms with van der Waals surface area (Å²) in [6, 6.07) is 8.06. The molecule has 1 aliphatic rings. The fourth-order valence-electron chi connectivity index (χ4n) is 2.56. The number of hydrogen-bond donors (Lipinski definition) is 1. The molecule has 5 heteroatoms. The Hall–Kier alpha value is -2.82. The quantitative estimate of drug-likeness (QED) is 0.733. The number of aromatic nitrogens is 3. The number of nitrogens with zero attached hydrogens (tertiary/aromatic N) is 4. The van der Waals surface area contributed by atoms with E-state index >= 15 is 0 Å². The first-order chi connectivity index (χ1) is 9.75. The maximum atomic E-state index is 4.47. The van der Waals surface area contributed by atoms with Crippen LogP contribution in [-0.4, -0.2) is 22.0 Å². The number of anilines is 3. The third-order valence-corrected chi connectivity index (χ3v) is 3.63. The molecule has 3 aromatic heterocycles. The SMILES string of the molecule is C=C1N(C)c2cccnc2N1c1cnc2[nH]ccc2c1. The average molecular weight is 263 g/mol. The van der Waals surface area contributed by atoms with Crippen molar-refractivity contribution in [1.82, 2.24) is 15.0 Å². The van der Waals surface area contributed by atoms with E-state index in [1.54, 1.807) is 6.20 Å². The largest absolute Gasteiger partial charge is 0.346 e. The zero-order valence-corrected chi connectivity index (χ0v) is 11.0. The van der Waals surface area contributed by atoms with Gasteiger partial charge < -0.3 is 9.88 Å². The van der Waals surface area contributed by atoms with E-state index in [0.717, 1.165) is 34.0 Å². The third kappa shape index (κ3) is 1.37. The Morgan fingerprint density at radius 3 is 3.05 bits per heavy atom. The summed E-state index contributed by atoms with van der Waals surface area (Å²) in [5, 5.41) is 1.07. The minimum absolute atomic E-state index is 0.871. The summed E-state index contributed by atoms with van der Waals surface area (Å²) in [4.78, 5) is 16.1. The molecule has 0 radical (unpaired) electrons. The van der Waals surface area contributed by atoms with Gasteiger partial charge in [-0.3, -0.25) is 4.90 Å². The molecule has 4 rings (SSSR count). The summed E-state index contributed by atoms with van der Waals surface area (Å²) < 4.78 is 0. The molecular weight excluding hydrogens is 250 g/mol. The number of rotatable bonds is 1. The molecule has 20 heavy (non-hydrogen) atoms.